The van der Waals surface area contributed by atoms with Gasteiger partial charge in [-0.3, -0.25) is 4.98 Å². The number of hydrogen-bond donors (Lipinski definition) is 1. The summed E-state index contributed by atoms with van der Waals surface area (Å²) in [6.45, 7) is 4.34. The average Bonchev–Trinajstić information content (AvgIpc) is 2.38. The second kappa shape index (κ2) is 5.97. The molecule has 0 aliphatic heterocycles. The first-order valence-electron chi connectivity index (χ1n) is 6.26. The summed E-state index contributed by atoms with van der Waals surface area (Å²) in [6.07, 6.45) is 2.52. The zero-order chi connectivity index (χ0) is 13.8. The molecule has 0 amide bonds. The number of halogens is 1. The van der Waals surface area contributed by atoms with Crippen LogP contribution in [0.25, 0.3) is 11.5 Å². The van der Waals surface area contributed by atoms with Crippen molar-refractivity contribution in [1.82, 2.24) is 15.0 Å². The molecule has 0 fully saturated rings. The van der Waals surface area contributed by atoms with Crippen molar-refractivity contribution < 1.29 is 0 Å². The highest BCUT2D eigenvalue weighted by atomic mass is 35.5. The van der Waals surface area contributed by atoms with Crippen LogP contribution >= 0.6 is 11.6 Å². The molecule has 4 nitrogen and oxygen atoms in total. The third kappa shape index (κ3) is 3.64. The molecule has 1 N–H and O–H groups in total. The fourth-order valence-corrected chi connectivity index (χ4v) is 1.88. The summed E-state index contributed by atoms with van der Waals surface area (Å²) >= 11 is 5.84. The van der Waals surface area contributed by atoms with E-state index in [1.165, 1.54) is 0 Å². The van der Waals surface area contributed by atoms with E-state index in [4.69, 9.17) is 11.6 Å². The minimum Gasteiger partial charge on any atom is -0.373 e. The van der Waals surface area contributed by atoms with Crippen LogP contribution in [0.1, 0.15) is 19.5 Å². The smallest absolute Gasteiger partial charge is 0.180 e. The van der Waals surface area contributed by atoms with Gasteiger partial charge >= 0.3 is 0 Å². The zero-order valence-electron chi connectivity index (χ0n) is 11.3. The standard InChI is InChI=1S/C14H17ClN4/c1-9(2)6-11-7-13(16-3)19-14(18-11)12-5-4-10(15)8-17-12/h4-5,7-9H,6H2,1-3H3,(H,16,18,19). The molecule has 100 valence electrons. The second-order valence-electron chi connectivity index (χ2n) is 4.78. The third-order valence-electron chi connectivity index (χ3n) is 2.61. The van der Waals surface area contributed by atoms with Crippen LogP contribution in [-0.2, 0) is 6.42 Å². The largest absolute Gasteiger partial charge is 0.373 e. The fourth-order valence-electron chi connectivity index (χ4n) is 1.77. The van der Waals surface area contributed by atoms with E-state index in [1.54, 1.807) is 12.3 Å². The van der Waals surface area contributed by atoms with E-state index in [1.807, 2.05) is 19.2 Å². The van der Waals surface area contributed by atoms with Crippen LogP contribution in [0.4, 0.5) is 5.82 Å². The first-order valence-corrected chi connectivity index (χ1v) is 6.64. The summed E-state index contributed by atoms with van der Waals surface area (Å²) in [4.78, 5) is 13.3. The first kappa shape index (κ1) is 13.7. The summed E-state index contributed by atoms with van der Waals surface area (Å²) in [5, 5.41) is 3.66. The minimum atomic E-state index is 0.547. The van der Waals surface area contributed by atoms with Gasteiger partial charge in [-0.15, -0.1) is 0 Å². The number of aromatic nitrogens is 3. The van der Waals surface area contributed by atoms with Gasteiger partial charge in [-0.2, -0.15) is 0 Å². The van der Waals surface area contributed by atoms with E-state index in [-0.39, 0.29) is 0 Å². The van der Waals surface area contributed by atoms with Gasteiger partial charge in [0.25, 0.3) is 0 Å². The van der Waals surface area contributed by atoms with Crippen LogP contribution in [0.5, 0.6) is 0 Å². The van der Waals surface area contributed by atoms with Crippen LogP contribution in [0.3, 0.4) is 0 Å². The molecule has 0 aliphatic rings. The highest BCUT2D eigenvalue weighted by molar-refractivity contribution is 6.30. The van der Waals surface area contributed by atoms with Gasteiger partial charge in [0.2, 0.25) is 0 Å². The van der Waals surface area contributed by atoms with Crippen LogP contribution in [0, 0.1) is 5.92 Å². The number of anilines is 1. The molecule has 0 atom stereocenters. The lowest BCUT2D eigenvalue weighted by Crippen LogP contribution is -2.04. The molecule has 2 aromatic heterocycles. The molecule has 5 heteroatoms. The maximum absolute atomic E-state index is 5.84. The lowest BCUT2D eigenvalue weighted by Gasteiger charge is -2.09. The molecule has 2 heterocycles. The van der Waals surface area contributed by atoms with Crippen molar-refractivity contribution in [3.05, 3.63) is 35.1 Å². The molecular formula is C14H17ClN4. The van der Waals surface area contributed by atoms with Crippen LogP contribution in [-0.4, -0.2) is 22.0 Å². The Bertz CT molecular complexity index is 552. The number of nitrogens with one attached hydrogen (secondary N) is 1. The number of hydrogen-bond acceptors (Lipinski definition) is 4. The minimum absolute atomic E-state index is 0.547. The molecule has 0 spiro atoms. The Labute approximate surface area is 118 Å². The predicted molar refractivity (Wildman–Crippen MR) is 78.4 cm³/mol. The van der Waals surface area contributed by atoms with Crippen molar-refractivity contribution >= 4 is 17.4 Å². The van der Waals surface area contributed by atoms with Crippen LogP contribution in [0.2, 0.25) is 5.02 Å². The van der Waals surface area contributed by atoms with Gasteiger partial charge in [0.15, 0.2) is 5.82 Å². The van der Waals surface area contributed by atoms with E-state index in [0.29, 0.717) is 16.8 Å². The molecule has 0 unspecified atom stereocenters. The highest BCUT2D eigenvalue weighted by Gasteiger charge is 2.08. The molecule has 2 rings (SSSR count). The molecule has 0 aromatic carbocycles. The van der Waals surface area contributed by atoms with E-state index in [2.05, 4.69) is 34.1 Å². The molecule has 2 aromatic rings. The lowest BCUT2D eigenvalue weighted by molar-refractivity contribution is 0.635. The Balaban J connectivity index is 2.41. The summed E-state index contributed by atoms with van der Waals surface area (Å²) in [6, 6.07) is 5.59. The maximum Gasteiger partial charge on any atom is 0.180 e. The van der Waals surface area contributed by atoms with Crippen molar-refractivity contribution in [2.45, 2.75) is 20.3 Å². The van der Waals surface area contributed by atoms with Crippen molar-refractivity contribution in [3.63, 3.8) is 0 Å². The quantitative estimate of drug-likeness (QED) is 0.929. The maximum atomic E-state index is 5.84. The van der Waals surface area contributed by atoms with Crippen molar-refractivity contribution in [3.8, 4) is 11.5 Å². The summed E-state index contributed by atoms with van der Waals surface area (Å²) in [5.74, 6) is 1.97. The molecule has 19 heavy (non-hydrogen) atoms. The van der Waals surface area contributed by atoms with Crippen LogP contribution < -0.4 is 5.32 Å². The SMILES string of the molecule is CNc1cc(CC(C)C)nc(-c2ccc(Cl)cn2)n1. The van der Waals surface area contributed by atoms with Gasteiger partial charge in [-0.25, -0.2) is 9.97 Å². The van der Waals surface area contributed by atoms with Gasteiger partial charge in [0.1, 0.15) is 11.5 Å². The van der Waals surface area contributed by atoms with Gasteiger partial charge in [0, 0.05) is 25.0 Å². The second-order valence-corrected chi connectivity index (χ2v) is 5.21. The fraction of sp³-hybridized carbons (Fsp3) is 0.357. The Morgan fingerprint density at radius 3 is 2.63 bits per heavy atom. The molecule has 0 saturated carbocycles. The predicted octanol–water partition coefficient (Wildman–Crippen LogP) is 3.43. The zero-order valence-corrected chi connectivity index (χ0v) is 12.1. The monoisotopic (exact) mass is 276 g/mol. The Hall–Kier alpha value is -1.68. The Kier molecular flexibility index (Phi) is 4.32. The molecule has 0 aliphatic carbocycles. The molecule has 0 bridgehead atoms. The normalized spacial score (nSPS) is 10.8. The number of rotatable bonds is 4. The summed E-state index contributed by atoms with van der Waals surface area (Å²) < 4.78 is 0. The van der Waals surface area contributed by atoms with E-state index < -0.39 is 0 Å². The summed E-state index contributed by atoms with van der Waals surface area (Å²) in [7, 11) is 1.85. The van der Waals surface area contributed by atoms with E-state index in [0.717, 1.165) is 23.6 Å². The Morgan fingerprint density at radius 1 is 1.26 bits per heavy atom. The third-order valence-corrected chi connectivity index (χ3v) is 2.83. The highest BCUT2D eigenvalue weighted by Crippen LogP contribution is 2.19. The first-order chi connectivity index (χ1) is 9.08. The average molecular weight is 277 g/mol. The Morgan fingerprint density at radius 2 is 2.05 bits per heavy atom. The van der Waals surface area contributed by atoms with Gasteiger partial charge in [0.05, 0.1) is 5.02 Å². The lowest BCUT2D eigenvalue weighted by atomic mass is 10.1. The van der Waals surface area contributed by atoms with Crippen molar-refractivity contribution in [2.24, 2.45) is 5.92 Å². The van der Waals surface area contributed by atoms with Gasteiger partial charge in [-0.1, -0.05) is 25.4 Å². The number of nitrogens with zero attached hydrogens (tertiary/aromatic N) is 3. The molecule has 0 saturated heterocycles. The van der Waals surface area contributed by atoms with Gasteiger partial charge in [-0.05, 0) is 24.5 Å². The van der Waals surface area contributed by atoms with E-state index in [9.17, 15) is 0 Å². The van der Waals surface area contributed by atoms with E-state index >= 15 is 0 Å². The summed E-state index contributed by atoms with van der Waals surface area (Å²) in [5.41, 5.74) is 1.74. The van der Waals surface area contributed by atoms with Crippen LogP contribution in [0.15, 0.2) is 24.4 Å². The van der Waals surface area contributed by atoms with Crippen molar-refractivity contribution in [2.75, 3.05) is 12.4 Å². The molecule has 0 radical (unpaired) electrons. The molecular weight excluding hydrogens is 260 g/mol. The van der Waals surface area contributed by atoms with Crippen molar-refractivity contribution in [1.29, 1.82) is 0 Å². The van der Waals surface area contributed by atoms with Gasteiger partial charge < -0.3 is 5.32 Å². The topological polar surface area (TPSA) is 50.7 Å². The number of pyridine rings is 1.